The highest BCUT2D eigenvalue weighted by molar-refractivity contribution is 6.01. The highest BCUT2D eigenvalue weighted by atomic mass is 16.3. The third kappa shape index (κ3) is 2.07. The molecule has 1 aliphatic heterocycles. The molecule has 0 aliphatic carbocycles. The summed E-state index contributed by atoms with van der Waals surface area (Å²) in [6.45, 7) is 0.374. The molecule has 5 nitrogen and oxygen atoms in total. The summed E-state index contributed by atoms with van der Waals surface area (Å²) in [5.74, 6) is 1.37. The van der Waals surface area contributed by atoms with Crippen molar-refractivity contribution in [2.45, 2.75) is 12.7 Å². The first kappa shape index (κ1) is 12.8. The quantitative estimate of drug-likeness (QED) is 0.801. The number of nitrogens with one attached hydrogen (secondary N) is 1. The molecule has 0 bridgehead atoms. The van der Waals surface area contributed by atoms with Crippen molar-refractivity contribution in [1.29, 1.82) is 0 Å². The Hall–Kier alpha value is -2.95. The van der Waals surface area contributed by atoms with E-state index in [4.69, 9.17) is 8.83 Å². The summed E-state index contributed by atoms with van der Waals surface area (Å²) >= 11 is 0. The van der Waals surface area contributed by atoms with Gasteiger partial charge in [0.05, 0.1) is 24.6 Å². The van der Waals surface area contributed by atoms with Crippen molar-refractivity contribution in [3.8, 4) is 0 Å². The van der Waals surface area contributed by atoms with Gasteiger partial charge in [0.25, 0.3) is 5.91 Å². The van der Waals surface area contributed by atoms with E-state index in [-0.39, 0.29) is 12.1 Å². The second-order valence-corrected chi connectivity index (χ2v) is 5.12. The van der Waals surface area contributed by atoms with Crippen LogP contribution in [0.2, 0.25) is 0 Å². The third-order valence-electron chi connectivity index (χ3n) is 3.74. The Bertz CT molecular complexity index is 778. The van der Waals surface area contributed by atoms with Crippen LogP contribution < -0.4 is 5.32 Å². The molecular formula is C17H14N2O3. The monoisotopic (exact) mass is 294 g/mol. The molecule has 0 spiro atoms. The standard InChI is InChI=1S/C17H14N2O3/c20-17-13-6-1-2-7-14(13)18-16(15-8-4-10-22-15)19(17)11-12-5-3-9-21-12/h1-10,16,18H,11H2. The van der Waals surface area contributed by atoms with E-state index in [2.05, 4.69) is 5.32 Å². The number of hydrogen-bond acceptors (Lipinski definition) is 4. The third-order valence-corrected chi connectivity index (χ3v) is 3.74. The van der Waals surface area contributed by atoms with Gasteiger partial charge in [-0.3, -0.25) is 4.79 Å². The first-order chi connectivity index (χ1) is 10.8. The number of benzene rings is 1. The molecule has 1 aliphatic rings. The van der Waals surface area contributed by atoms with Gasteiger partial charge in [-0.25, -0.2) is 0 Å². The van der Waals surface area contributed by atoms with Gasteiger partial charge < -0.3 is 19.1 Å². The zero-order chi connectivity index (χ0) is 14.9. The molecule has 22 heavy (non-hydrogen) atoms. The van der Waals surface area contributed by atoms with Gasteiger partial charge in [-0.2, -0.15) is 0 Å². The number of amides is 1. The van der Waals surface area contributed by atoms with Gasteiger partial charge in [-0.05, 0) is 36.4 Å². The fraction of sp³-hybridized carbons (Fsp3) is 0.118. The molecule has 1 N–H and O–H groups in total. The van der Waals surface area contributed by atoms with Crippen molar-refractivity contribution in [2.75, 3.05) is 5.32 Å². The minimum atomic E-state index is -0.359. The molecular weight excluding hydrogens is 280 g/mol. The fourth-order valence-electron chi connectivity index (χ4n) is 2.70. The van der Waals surface area contributed by atoms with E-state index >= 15 is 0 Å². The first-order valence-corrected chi connectivity index (χ1v) is 7.05. The summed E-state index contributed by atoms with van der Waals surface area (Å²) in [7, 11) is 0. The maximum Gasteiger partial charge on any atom is 0.258 e. The van der Waals surface area contributed by atoms with Gasteiger partial charge in [0, 0.05) is 5.69 Å². The molecule has 2 aromatic heterocycles. The number of nitrogens with zero attached hydrogens (tertiary/aromatic N) is 1. The van der Waals surface area contributed by atoms with E-state index in [9.17, 15) is 4.79 Å². The van der Waals surface area contributed by atoms with Crippen LogP contribution in [0.3, 0.4) is 0 Å². The first-order valence-electron chi connectivity index (χ1n) is 7.05. The smallest absolute Gasteiger partial charge is 0.258 e. The lowest BCUT2D eigenvalue weighted by atomic mass is 10.1. The maximum atomic E-state index is 12.9. The van der Waals surface area contributed by atoms with Gasteiger partial charge in [0.2, 0.25) is 0 Å². The minimum Gasteiger partial charge on any atom is -0.467 e. The number of para-hydroxylation sites is 1. The molecule has 5 heteroatoms. The van der Waals surface area contributed by atoms with Crippen molar-refractivity contribution in [1.82, 2.24) is 4.90 Å². The number of furan rings is 2. The normalized spacial score (nSPS) is 17.2. The number of fused-ring (bicyclic) bond motifs is 1. The fourth-order valence-corrected chi connectivity index (χ4v) is 2.70. The molecule has 1 amide bonds. The molecule has 0 radical (unpaired) electrons. The van der Waals surface area contributed by atoms with Crippen molar-refractivity contribution in [3.63, 3.8) is 0 Å². The van der Waals surface area contributed by atoms with Gasteiger partial charge in [0.15, 0.2) is 6.17 Å². The van der Waals surface area contributed by atoms with E-state index in [0.29, 0.717) is 17.9 Å². The second-order valence-electron chi connectivity index (χ2n) is 5.12. The van der Waals surface area contributed by atoms with E-state index in [1.165, 1.54) is 0 Å². The topological polar surface area (TPSA) is 58.6 Å². The van der Waals surface area contributed by atoms with Gasteiger partial charge in [0.1, 0.15) is 11.5 Å². The van der Waals surface area contributed by atoms with E-state index < -0.39 is 0 Å². The van der Waals surface area contributed by atoms with Gasteiger partial charge in [-0.15, -0.1) is 0 Å². The van der Waals surface area contributed by atoms with Crippen LogP contribution in [0.15, 0.2) is 69.9 Å². The number of carbonyl (C=O) groups excluding carboxylic acids is 1. The van der Waals surface area contributed by atoms with Crippen molar-refractivity contribution < 1.29 is 13.6 Å². The predicted molar refractivity (Wildman–Crippen MR) is 80.1 cm³/mol. The summed E-state index contributed by atoms with van der Waals surface area (Å²) in [5, 5.41) is 3.36. The molecule has 0 fully saturated rings. The molecule has 1 atom stereocenters. The van der Waals surface area contributed by atoms with Crippen LogP contribution in [-0.2, 0) is 6.54 Å². The summed E-state index contributed by atoms with van der Waals surface area (Å²) in [6.07, 6.45) is 2.85. The summed E-state index contributed by atoms with van der Waals surface area (Å²) in [5.41, 5.74) is 1.46. The Morgan fingerprint density at radius 1 is 1.00 bits per heavy atom. The molecule has 1 unspecified atom stereocenters. The predicted octanol–water partition coefficient (Wildman–Crippen LogP) is 3.64. The summed E-state index contributed by atoms with van der Waals surface area (Å²) in [4.78, 5) is 14.6. The van der Waals surface area contributed by atoms with Crippen LogP contribution in [0.5, 0.6) is 0 Å². The molecule has 0 saturated heterocycles. The molecule has 3 aromatic rings. The molecule has 0 saturated carbocycles. The molecule has 110 valence electrons. The highest BCUT2D eigenvalue weighted by Gasteiger charge is 2.34. The minimum absolute atomic E-state index is 0.0489. The maximum absolute atomic E-state index is 12.9. The average Bonchev–Trinajstić information content (AvgIpc) is 3.23. The molecule has 1 aromatic carbocycles. The Kier molecular flexibility index (Phi) is 2.96. The lowest BCUT2D eigenvalue weighted by Crippen LogP contribution is -2.42. The van der Waals surface area contributed by atoms with E-state index in [0.717, 1.165) is 11.4 Å². The largest absolute Gasteiger partial charge is 0.467 e. The Morgan fingerprint density at radius 2 is 1.82 bits per heavy atom. The Morgan fingerprint density at radius 3 is 2.59 bits per heavy atom. The second kappa shape index (κ2) is 5.11. The van der Waals surface area contributed by atoms with Crippen molar-refractivity contribution in [3.05, 3.63) is 78.1 Å². The number of hydrogen-bond donors (Lipinski definition) is 1. The van der Waals surface area contributed by atoms with Crippen LogP contribution in [-0.4, -0.2) is 10.8 Å². The zero-order valence-electron chi connectivity index (χ0n) is 11.7. The number of carbonyl (C=O) groups is 1. The SMILES string of the molecule is O=C1c2ccccc2NC(c2ccco2)N1Cc1ccco1. The van der Waals surface area contributed by atoms with Crippen LogP contribution in [0.4, 0.5) is 5.69 Å². The van der Waals surface area contributed by atoms with Crippen molar-refractivity contribution in [2.24, 2.45) is 0 Å². The van der Waals surface area contributed by atoms with Crippen LogP contribution in [0, 0.1) is 0 Å². The Balaban J connectivity index is 1.76. The summed E-state index contributed by atoms with van der Waals surface area (Å²) < 4.78 is 10.9. The van der Waals surface area contributed by atoms with Crippen molar-refractivity contribution >= 4 is 11.6 Å². The average molecular weight is 294 g/mol. The van der Waals surface area contributed by atoms with E-state index in [1.807, 2.05) is 48.5 Å². The number of rotatable bonds is 3. The van der Waals surface area contributed by atoms with Gasteiger partial charge >= 0.3 is 0 Å². The summed E-state index contributed by atoms with van der Waals surface area (Å²) in [6, 6.07) is 14.8. The zero-order valence-corrected chi connectivity index (χ0v) is 11.7. The Labute approximate surface area is 127 Å². The van der Waals surface area contributed by atoms with Gasteiger partial charge in [-0.1, -0.05) is 12.1 Å². The molecule has 3 heterocycles. The van der Waals surface area contributed by atoms with Crippen LogP contribution >= 0.6 is 0 Å². The highest BCUT2D eigenvalue weighted by Crippen LogP contribution is 2.34. The lowest BCUT2D eigenvalue weighted by molar-refractivity contribution is 0.0629. The molecule has 4 rings (SSSR count). The van der Waals surface area contributed by atoms with E-state index in [1.54, 1.807) is 17.4 Å². The van der Waals surface area contributed by atoms with Crippen LogP contribution in [0.1, 0.15) is 28.0 Å². The number of anilines is 1. The van der Waals surface area contributed by atoms with Crippen LogP contribution in [0.25, 0.3) is 0 Å². The lowest BCUT2D eigenvalue weighted by Gasteiger charge is -2.36.